The van der Waals surface area contributed by atoms with E-state index in [0.29, 0.717) is 12.8 Å². The third-order valence-corrected chi connectivity index (χ3v) is 36.0. The Morgan fingerprint density at radius 3 is 0.930 bits per heavy atom. The standard InChI is InChI=1S/2C25H21NO4S.C25H21NO3S.C21H19NO4S.C18H21NO4S/c1-16-9-12-24(23(28)13-16)31(29,30)26-15-18-14-19(27)10-11-21(18)25(26)22-8-4-6-17-5-2-3-7-20(17)22;1-16-6-11-24(23(28)12-16)31(29,30)26-15-20-14-21(27)9-10-22(20)25(26)19-8-7-17-4-2-3-5-18(17)13-19;1-17-10-13-24(23(27)14-17)30(28,29)26-16-21-8-4-5-9-22(21)25(26)20-12-11-18-6-2-3-7-19(18)15-20;1-14-7-10-20(19(24)11-14)27(25,26)22-13-16-12-17(23)8-9-18(16)21(22)15-5-3-2-4-6-15;1-13-8-9-18(17(21)11-13)24(22,23)19-12-14-5-2-3-6-15(14)16(19)7-4-10-20/h2*2-14,25,27-28H,15H2,1H3;2-15,25,27H,16H2,1H3;2-12,21,23-24H,13H2,1H3;2-3,5-6,8-9,11,16,20-21H,4,7,10,12H2,1H3. The van der Waals surface area contributed by atoms with Gasteiger partial charge in [0.2, 0.25) is 50.1 Å². The monoisotopic (exact) mass is 2010 g/mol. The predicted octanol–water partition coefficient (Wildman–Crippen LogP) is 21.3. The van der Waals surface area contributed by atoms with Crippen LogP contribution in [0.5, 0.6) is 46.0 Å². The van der Waals surface area contributed by atoms with Gasteiger partial charge < -0.3 is 46.0 Å². The van der Waals surface area contributed by atoms with Crippen molar-refractivity contribution in [2.45, 2.75) is 135 Å². The molecule has 0 saturated carbocycles. The number of rotatable bonds is 17. The Balaban J connectivity index is 0.000000118. The van der Waals surface area contributed by atoms with E-state index < -0.39 is 74.3 Å². The van der Waals surface area contributed by atoms with Crippen LogP contribution >= 0.6 is 0 Å². The fraction of sp³-hybridized carbons (Fsp3) is 0.158. The van der Waals surface area contributed by atoms with E-state index in [-0.39, 0.29) is 116 Å². The Hall–Kier alpha value is -14.6. The fourth-order valence-electron chi connectivity index (χ4n) is 19.9. The first-order valence-electron chi connectivity index (χ1n) is 46.3. The van der Waals surface area contributed by atoms with E-state index in [0.717, 1.165) is 138 Å². The van der Waals surface area contributed by atoms with Crippen LogP contribution in [0.4, 0.5) is 0 Å². The minimum atomic E-state index is -4.03. The number of aliphatic hydroxyl groups is 1. The summed E-state index contributed by atoms with van der Waals surface area (Å²) in [5.41, 5.74) is 16.0. The smallest absolute Gasteiger partial charge is 0.247 e. The lowest BCUT2D eigenvalue weighted by Crippen LogP contribution is -2.30. The normalized spacial score (nSPS) is 16.8. The third kappa shape index (κ3) is 19.5. The molecule has 22 rings (SSSR count). The van der Waals surface area contributed by atoms with Crippen LogP contribution in [-0.4, -0.2) is 116 Å². The summed E-state index contributed by atoms with van der Waals surface area (Å²) in [4.78, 5) is -0.506. The van der Waals surface area contributed by atoms with E-state index in [1.165, 1.54) is 82.2 Å². The number of nitrogens with zero attached hydrogens (tertiary/aromatic N) is 5. The third-order valence-electron chi connectivity index (χ3n) is 26.7. The molecule has 0 saturated heterocycles. The van der Waals surface area contributed by atoms with Gasteiger partial charge in [0.15, 0.2) is 0 Å². The Morgan fingerprint density at radius 1 is 0.238 bits per heavy atom. The molecule has 0 aromatic heterocycles. The summed E-state index contributed by atoms with van der Waals surface area (Å²) >= 11 is 0. The van der Waals surface area contributed by atoms with Crippen LogP contribution in [0.15, 0.2) is 376 Å². The zero-order valence-corrected chi connectivity index (χ0v) is 82.5. The maximum absolute atomic E-state index is 13.7. The van der Waals surface area contributed by atoms with Crippen LogP contribution < -0.4 is 0 Å². The number of sulfonamides is 5. The van der Waals surface area contributed by atoms with Crippen molar-refractivity contribution in [2.24, 2.45) is 0 Å². The zero-order chi connectivity index (χ0) is 101. The lowest BCUT2D eigenvalue weighted by molar-refractivity contribution is 0.256. The quantitative estimate of drug-likeness (QED) is 0.0409. The Morgan fingerprint density at radius 2 is 0.531 bits per heavy atom. The van der Waals surface area contributed by atoms with Crippen molar-refractivity contribution >= 4 is 82.4 Å². The van der Waals surface area contributed by atoms with Gasteiger partial charge in [0.1, 0.15) is 70.5 Å². The molecule has 143 heavy (non-hydrogen) atoms. The van der Waals surface area contributed by atoms with Crippen molar-refractivity contribution in [1.82, 2.24) is 21.5 Å². The fourth-order valence-corrected chi connectivity index (χ4v) is 28.1. The van der Waals surface area contributed by atoms with Gasteiger partial charge >= 0.3 is 0 Å². The van der Waals surface area contributed by atoms with E-state index in [4.69, 9.17) is 5.11 Å². The van der Waals surface area contributed by atoms with Crippen molar-refractivity contribution in [3.05, 3.63) is 458 Å². The van der Waals surface area contributed by atoms with Gasteiger partial charge in [-0.3, -0.25) is 0 Å². The minimum absolute atomic E-state index is 0.0162. The molecule has 5 heterocycles. The second-order valence-corrected chi connectivity index (χ2v) is 45.6. The average Bonchev–Trinajstić information content (AvgIpc) is 1.60. The number of benzene rings is 17. The van der Waals surface area contributed by atoms with Gasteiger partial charge in [-0.15, -0.1) is 0 Å². The number of phenolic OH excluding ortho intramolecular Hbond substituents is 8. The van der Waals surface area contributed by atoms with Gasteiger partial charge in [-0.25, -0.2) is 42.1 Å². The lowest BCUT2D eigenvalue weighted by Gasteiger charge is -2.26. The summed E-state index contributed by atoms with van der Waals surface area (Å²) in [7, 11) is -19.8. The molecule has 0 bridgehead atoms. The molecule has 5 atom stereocenters. The first kappa shape index (κ1) is 98.6. The second-order valence-electron chi connectivity index (χ2n) is 36.3. The lowest BCUT2D eigenvalue weighted by atomic mass is 9.94. The van der Waals surface area contributed by atoms with Gasteiger partial charge in [-0.05, 0) is 295 Å². The maximum Gasteiger partial charge on any atom is 0.247 e. The van der Waals surface area contributed by atoms with Crippen LogP contribution in [0.2, 0.25) is 0 Å². The van der Waals surface area contributed by atoms with Gasteiger partial charge in [0.05, 0.1) is 30.2 Å². The molecule has 5 aliphatic heterocycles. The summed E-state index contributed by atoms with van der Waals surface area (Å²) < 4.78 is 142. The number of hydrogen-bond donors (Lipinski definition) is 9. The Bertz CT molecular complexity index is 8440. The molecule has 0 aliphatic carbocycles. The predicted molar refractivity (Wildman–Crippen MR) is 550 cm³/mol. The summed E-state index contributed by atoms with van der Waals surface area (Å²) in [6.45, 7) is 9.89. The summed E-state index contributed by atoms with van der Waals surface area (Å²) in [5.74, 6) is -0.971. The van der Waals surface area contributed by atoms with Crippen LogP contribution in [-0.2, 0) is 82.8 Å². The van der Waals surface area contributed by atoms with Crippen molar-refractivity contribution < 1.29 is 88.0 Å². The molecule has 5 aliphatic rings. The van der Waals surface area contributed by atoms with Gasteiger partial charge in [0, 0.05) is 39.3 Å². The number of aliphatic hydroxyl groups excluding tert-OH is 1. The molecule has 0 amide bonds. The summed E-state index contributed by atoms with van der Waals surface area (Å²) in [6, 6.07) is 102. The average molecular weight is 2010 g/mol. The SMILES string of the molecule is Cc1ccc(S(=O)(=O)N2Cc3cc(O)ccc3C2c2ccc3ccccc3c2)c(O)c1.Cc1ccc(S(=O)(=O)N2Cc3cc(O)ccc3C2c2cccc3ccccc23)c(O)c1.Cc1ccc(S(=O)(=O)N2Cc3cc(O)ccc3C2c2ccccc2)c(O)c1.Cc1ccc(S(=O)(=O)N2Cc3ccccc3C2CCCO)c(O)c1.Cc1ccc(S(=O)(=O)N2Cc3ccccc3C2c2ccc3ccccc3c2)c(O)c1. The van der Waals surface area contributed by atoms with Gasteiger partial charge in [-0.1, -0.05) is 243 Å². The maximum atomic E-state index is 13.7. The highest BCUT2D eigenvalue weighted by atomic mass is 32.2. The molecule has 29 heteroatoms. The molecule has 17 aromatic rings. The van der Waals surface area contributed by atoms with E-state index in [1.54, 1.807) is 113 Å². The van der Waals surface area contributed by atoms with E-state index in [2.05, 4.69) is 6.07 Å². The molecular formula is C114H103N5O19S5. The molecule has 5 unspecified atom stereocenters. The zero-order valence-electron chi connectivity index (χ0n) is 78.4. The molecule has 9 N–H and O–H groups in total. The van der Waals surface area contributed by atoms with Crippen LogP contribution in [0, 0.1) is 34.6 Å². The van der Waals surface area contributed by atoms with E-state index in [1.807, 2.05) is 207 Å². The van der Waals surface area contributed by atoms with Crippen LogP contribution in [0.25, 0.3) is 32.3 Å². The largest absolute Gasteiger partial charge is 0.508 e. The highest BCUT2D eigenvalue weighted by Crippen LogP contribution is 2.52. The molecule has 0 fully saturated rings. The topological polar surface area (TPSA) is 369 Å². The summed E-state index contributed by atoms with van der Waals surface area (Å²) in [6.07, 6.45) is 1.06. The molecule has 17 aromatic carbocycles. The van der Waals surface area contributed by atoms with Crippen molar-refractivity contribution in [2.75, 3.05) is 6.61 Å². The summed E-state index contributed by atoms with van der Waals surface area (Å²) in [5, 5.41) is 96.8. The molecule has 0 radical (unpaired) electrons. The van der Waals surface area contributed by atoms with Crippen molar-refractivity contribution in [3.8, 4) is 46.0 Å². The van der Waals surface area contributed by atoms with E-state index >= 15 is 0 Å². The van der Waals surface area contributed by atoms with Crippen molar-refractivity contribution in [1.29, 1.82) is 0 Å². The molecular weight excluding hydrogens is 1900 g/mol. The van der Waals surface area contributed by atoms with Gasteiger partial charge in [0.25, 0.3) is 0 Å². The number of fused-ring (bicyclic) bond motifs is 8. The first-order valence-corrected chi connectivity index (χ1v) is 53.5. The number of aryl methyl sites for hydroxylation is 5. The Labute approximate surface area is 831 Å². The minimum Gasteiger partial charge on any atom is -0.508 e. The van der Waals surface area contributed by atoms with E-state index in [9.17, 15) is 82.9 Å². The highest BCUT2D eigenvalue weighted by molar-refractivity contribution is 7.90. The molecule has 728 valence electrons. The number of aromatic hydroxyl groups is 8. The van der Waals surface area contributed by atoms with Crippen LogP contribution in [0.3, 0.4) is 0 Å². The first-order chi connectivity index (χ1) is 68.5. The molecule has 24 nitrogen and oxygen atoms in total. The second kappa shape index (κ2) is 40.1. The van der Waals surface area contributed by atoms with Crippen LogP contribution in [0.1, 0.15) is 149 Å². The highest BCUT2D eigenvalue weighted by Gasteiger charge is 2.47. The number of hydrogen-bond acceptors (Lipinski definition) is 19. The van der Waals surface area contributed by atoms with Crippen molar-refractivity contribution in [3.63, 3.8) is 0 Å². The Kier molecular flexibility index (Phi) is 27.6. The van der Waals surface area contributed by atoms with Gasteiger partial charge in [-0.2, -0.15) is 21.5 Å². The number of phenols is 8. The molecule has 0 spiro atoms.